The third-order valence-corrected chi connectivity index (χ3v) is 2.86. The fraction of sp³-hybridized carbons (Fsp3) is 0.727. The topological polar surface area (TPSA) is 53.1 Å². The molecule has 1 aliphatic heterocycles. The minimum Gasteiger partial charge on any atom is -0.379 e. The smallest absolute Gasteiger partial charge is 0.0650 e. The zero-order chi connectivity index (χ0) is 10.9. The number of nitrogens with two attached hydrogens (primary N) is 1. The van der Waals surface area contributed by atoms with Gasteiger partial charge in [-0.15, -0.1) is 0 Å². The van der Waals surface area contributed by atoms with E-state index in [0.29, 0.717) is 12.6 Å². The Bertz CT molecular complexity index is 326. The number of nitrogens with zero attached hydrogens (tertiary/aromatic N) is 2. The molecule has 1 unspecified atom stereocenters. The second-order valence-corrected chi connectivity index (χ2v) is 4.72. The van der Waals surface area contributed by atoms with E-state index in [1.54, 1.807) is 0 Å². The van der Waals surface area contributed by atoms with Crippen molar-refractivity contribution < 1.29 is 4.74 Å². The highest BCUT2D eigenvalue weighted by Gasteiger charge is 2.31. The fourth-order valence-corrected chi connectivity index (χ4v) is 1.88. The summed E-state index contributed by atoms with van der Waals surface area (Å²) in [7, 11) is 0. The average Bonchev–Trinajstić information content (AvgIpc) is 2.75. The first-order valence-corrected chi connectivity index (χ1v) is 5.50. The van der Waals surface area contributed by atoms with Gasteiger partial charge in [0.25, 0.3) is 0 Å². The van der Waals surface area contributed by atoms with E-state index < -0.39 is 0 Å². The van der Waals surface area contributed by atoms with Gasteiger partial charge in [0.1, 0.15) is 0 Å². The molecular formula is C11H19N3O. The van der Waals surface area contributed by atoms with E-state index in [2.05, 4.69) is 18.9 Å². The number of hydrogen-bond donors (Lipinski definition) is 1. The Balaban J connectivity index is 2.04. The van der Waals surface area contributed by atoms with Crippen molar-refractivity contribution in [3.8, 4) is 0 Å². The maximum atomic E-state index is 6.20. The zero-order valence-corrected chi connectivity index (χ0v) is 9.44. The predicted molar refractivity (Wildman–Crippen MR) is 58.7 cm³/mol. The normalized spacial score (nSPS) is 26.4. The predicted octanol–water partition coefficient (Wildman–Crippen LogP) is 1.12. The van der Waals surface area contributed by atoms with Gasteiger partial charge in [-0.1, -0.05) is 0 Å². The van der Waals surface area contributed by atoms with E-state index in [-0.39, 0.29) is 5.54 Å². The summed E-state index contributed by atoms with van der Waals surface area (Å²) in [6.07, 6.45) is 3.76. The molecule has 15 heavy (non-hydrogen) atoms. The molecule has 0 saturated carbocycles. The van der Waals surface area contributed by atoms with Crippen molar-refractivity contribution in [1.82, 2.24) is 9.78 Å². The van der Waals surface area contributed by atoms with Gasteiger partial charge in [-0.3, -0.25) is 4.68 Å². The van der Waals surface area contributed by atoms with Crippen LogP contribution in [-0.2, 0) is 11.2 Å². The van der Waals surface area contributed by atoms with Crippen molar-refractivity contribution in [3.05, 3.63) is 18.0 Å². The summed E-state index contributed by atoms with van der Waals surface area (Å²) < 4.78 is 7.29. The third-order valence-electron chi connectivity index (χ3n) is 2.86. The molecule has 1 aliphatic rings. The minimum absolute atomic E-state index is 0.198. The second-order valence-electron chi connectivity index (χ2n) is 4.72. The van der Waals surface area contributed by atoms with Crippen molar-refractivity contribution in [3.63, 3.8) is 0 Å². The Morgan fingerprint density at radius 3 is 3.00 bits per heavy atom. The summed E-state index contributed by atoms with van der Waals surface area (Å²) in [5.74, 6) is 0. The van der Waals surface area contributed by atoms with Gasteiger partial charge in [-0.05, 0) is 26.3 Å². The minimum atomic E-state index is -0.198. The first kappa shape index (κ1) is 10.6. The first-order chi connectivity index (χ1) is 7.09. The van der Waals surface area contributed by atoms with E-state index >= 15 is 0 Å². The lowest BCUT2D eigenvalue weighted by Crippen LogP contribution is -2.42. The lowest BCUT2D eigenvalue weighted by molar-refractivity contribution is 0.177. The van der Waals surface area contributed by atoms with Gasteiger partial charge in [0.2, 0.25) is 0 Å². The Hall–Kier alpha value is -0.870. The van der Waals surface area contributed by atoms with Gasteiger partial charge >= 0.3 is 0 Å². The van der Waals surface area contributed by atoms with Crippen molar-refractivity contribution >= 4 is 0 Å². The highest BCUT2D eigenvalue weighted by molar-refractivity contribution is 5.07. The number of ether oxygens (including phenoxy) is 1. The van der Waals surface area contributed by atoms with Crippen LogP contribution in [0.25, 0.3) is 0 Å². The van der Waals surface area contributed by atoms with E-state index in [9.17, 15) is 0 Å². The largest absolute Gasteiger partial charge is 0.379 e. The molecule has 0 radical (unpaired) electrons. The van der Waals surface area contributed by atoms with Crippen LogP contribution in [0.3, 0.4) is 0 Å². The fourth-order valence-electron chi connectivity index (χ4n) is 1.88. The number of hydrogen-bond acceptors (Lipinski definition) is 3. The van der Waals surface area contributed by atoms with Crippen LogP contribution in [0.5, 0.6) is 0 Å². The Morgan fingerprint density at radius 1 is 1.67 bits per heavy atom. The lowest BCUT2D eigenvalue weighted by Gasteiger charge is -2.19. The van der Waals surface area contributed by atoms with Gasteiger partial charge in [-0.25, -0.2) is 0 Å². The first-order valence-electron chi connectivity index (χ1n) is 5.50. The van der Waals surface area contributed by atoms with Crippen LogP contribution >= 0.6 is 0 Å². The maximum absolute atomic E-state index is 6.20. The number of aromatic nitrogens is 2. The summed E-state index contributed by atoms with van der Waals surface area (Å²) in [5.41, 5.74) is 7.07. The van der Waals surface area contributed by atoms with E-state index in [1.165, 1.54) is 0 Å². The molecule has 4 nitrogen and oxygen atoms in total. The Kier molecular flexibility index (Phi) is 2.80. The summed E-state index contributed by atoms with van der Waals surface area (Å²) in [5, 5.41) is 4.50. The van der Waals surface area contributed by atoms with E-state index in [0.717, 1.165) is 25.1 Å². The summed E-state index contributed by atoms with van der Waals surface area (Å²) in [4.78, 5) is 0. The maximum Gasteiger partial charge on any atom is 0.0650 e. The van der Waals surface area contributed by atoms with Crippen molar-refractivity contribution in [2.24, 2.45) is 5.73 Å². The summed E-state index contributed by atoms with van der Waals surface area (Å²) >= 11 is 0. The standard InChI is InChI=1S/C11H19N3O/c1-9(2)14-5-3-10(13-14)7-11(12)4-6-15-8-11/h3,5,9H,4,6-8,12H2,1-2H3. The molecule has 1 aromatic heterocycles. The van der Waals surface area contributed by atoms with Gasteiger partial charge in [0, 0.05) is 30.8 Å². The van der Waals surface area contributed by atoms with Crippen molar-refractivity contribution in [2.45, 2.75) is 38.3 Å². The van der Waals surface area contributed by atoms with Crippen LogP contribution in [0.15, 0.2) is 12.3 Å². The Morgan fingerprint density at radius 2 is 2.47 bits per heavy atom. The molecule has 0 aromatic carbocycles. The molecule has 1 saturated heterocycles. The molecule has 0 aliphatic carbocycles. The molecule has 0 spiro atoms. The molecule has 0 bridgehead atoms. The molecule has 1 atom stereocenters. The zero-order valence-electron chi connectivity index (χ0n) is 9.44. The van der Waals surface area contributed by atoms with Crippen LogP contribution in [0.4, 0.5) is 0 Å². The third kappa shape index (κ3) is 2.38. The highest BCUT2D eigenvalue weighted by atomic mass is 16.5. The molecular weight excluding hydrogens is 190 g/mol. The quantitative estimate of drug-likeness (QED) is 0.811. The molecule has 2 rings (SSSR count). The van der Waals surface area contributed by atoms with Crippen LogP contribution in [0.1, 0.15) is 32.0 Å². The molecule has 1 aromatic rings. The SMILES string of the molecule is CC(C)n1ccc(CC2(N)CCOC2)n1. The monoisotopic (exact) mass is 209 g/mol. The molecule has 2 heterocycles. The van der Waals surface area contributed by atoms with Gasteiger partial charge in [0.05, 0.1) is 12.3 Å². The summed E-state index contributed by atoms with van der Waals surface area (Å²) in [6, 6.07) is 2.46. The van der Waals surface area contributed by atoms with Crippen LogP contribution in [0, 0.1) is 0 Å². The molecule has 0 amide bonds. The van der Waals surface area contributed by atoms with Crippen LogP contribution in [0.2, 0.25) is 0 Å². The molecule has 84 valence electrons. The van der Waals surface area contributed by atoms with Gasteiger partial charge < -0.3 is 10.5 Å². The lowest BCUT2D eigenvalue weighted by atomic mass is 9.94. The highest BCUT2D eigenvalue weighted by Crippen LogP contribution is 2.20. The van der Waals surface area contributed by atoms with Crippen LogP contribution < -0.4 is 5.73 Å². The average molecular weight is 209 g/mol. The molecule has 4 heteroatoms. The van der Waals surface area contributed by atoms with Gasteiger partial charge in [0.15, 0.2) is 0 Å². The number of rotatable bonds is 3. The van der Waals surface area contributed by atoms with E-state index in [1.807, 2.05) is 16.9 Å². The van der Waals surface area contributed by atoms with Crippen molar-refractivity contribution in [2.75, 3.05) is 13.2 Å². The van der Waals surface area contributed by atoms with E-state index in [4.69, 9.17) is 10.5 Å². The Labute approximate surface area is 90.4 Å². The van der Waals surface area contributed by atoms with Gasteiger partial charge in [-0.2, -0.15) is 5.10 Å². The molecule has 1 fully saturated rings. The molecule has 2 N–H and O–H groups in total. The summed E-state index contributed by atoms with van der Waals surface area (Å²) in [6.45, 7) is 5.67. The van der Waals surface area contributed by atoms with Crippen LogP contribution in [-0.4, -0.2) is 28.5 Å². The second kappa shape index (κ2) is 3.94. The van der Waals surface area contributed by atoms with Crippen molar-refractivity contribution in [1.29, 1.82) is 0 Å².